The zero-order valence-corrected chi connectivity index (χ0v) is 18.3. The Hall–Kier alpha value is -3.98. The first-order chi connectivity index (χ1) is 16.0. The first kappa shape index (κ1) is 22.2. The number of hydrogen-bond acceptors (Lipinski definition) is 5. The van der Waals surface area contributed by atoms with Gasteiger partial charge in [0.1, 0.15) is 11.6 Å². The van der Waals surface area contributed by atoms with Crippen molar-refractivity contribution >= 4 is 29.3 Å². The lowest BCUT2D eigenvalue weighted by Gasteiger charge is -2.11. The van der Waals surface area contributed by atoms with E-state index in [1.807, 2.05) is 34.9 Å². The van der Waals surface area contributed by atoms with E-state index in [-0.39, 0.29) is 17.5 Å². The molecule has 0 aliphatic rings. The number of anilines is 1. The highest BCUT2D eigenvalue weighted by atomic mass is 32.2. The molecule has 1 heterocycles. The number of primary amides is 1. The standard InChI is InChI=1S/C24H20FN5O2S/c25-18-8-12-20(13-9-18)30-21(14-16-4-2-1-3-5-16)28-29-24(30)33-15-22(31)27-19-10-6-17(7-11-19)23(26)32/h1-13H,14-15H2,(H2,26,32)(H,27,31). The summed E-state index contributed by atoms with van der Waals surface area (Å²) in [5, 5.41) is 11.9. The van der Waals surface area contributed by atoms with Crippen LogP contribution in [0.4, 0.5) is 10.1 Å². The molecule has 0 aliphatic heterocycles. The Kier molecular flexibility index (Phi) is 6.80. The third-order valence-electron chi connectivity index (χ3n) is 4.78. The summed E-state index contributed by atoms with van der Waals surface area (Å²) in [7, 11) is 0. The predicted octanol–water partition coefficient (Wildman–Crippen LogP) is 3.83. The van der Waals surface area contributed by atoms with E-state index < -0.39 is 5.91 Å². The number of nitrogens with two attached hydrogens (primary N) is 1. The molecule has 0 atom stereocenters. The highest BCUT2D eigenvalue weighted by Crippen LogP contribution is 2.24. The van der Waals surface area contributed by atoms with Crippen LogP contribution in [0.15, 0.2) is 84.0 Å². The van der Waals surface area contributed by atoms with E-state index in [4.69, 9.17) is 5.73 Å². The van der Waals surface area contributed by atoms with E-state index in [1.165, 1.54) is 23.9 Å². The SMILES string of the molecule is NC(=O)c1ccc(NC(=O)CSc2nnc(Cc3ccccc3)n2-c2ccc(F)cc2)cc1. The smallest absolute Gasteiger partial charge is 0.248 e. The van der Waals surface area contributed by atoms with Crippen LogP contribution in [-0.2, 0) is 11.2 Å². The first-order valence-corrected chi connectivity index (χ1v) is 11.0. The van der Waals surface area contributed by atoms with Crippen molar-refractivity contribution in [2.24, 2.45) is 5.73 Å². The maximum atomic E-state index is 13.5. The number of hydrogen-bond donors (Lipinski definition) is 2. The minimum absolute atomic E-state index is 0.0856. The average molecular weight is 462 g/mol. The normalized spacial score (nSPS) is 10.7. The molecule has 0 saturated heterocycles. The molecule has 33 heavy (non-hydrogen) atoms. The number of benzene rings is 3. The number of rotatable bonds is 8. The van der Waals surface area contributed by atoms with Gasteiger partial charge in [0.25, 0.3) is 0 Å². The molecule has 3 N–H and O–H groups in total. The Labute approximate surface area is 193 Å². The lowest BCUT2D eigenvalue weighted by molar-refractivity contribution is -0.113. The van der Waals surface area contributed by atoms with Gasteiger partial charge in [-0.25, -0.2) is 4.39 Å². The van der Waals surface area contributed by atoms with Gasteiger partial charge in [-0.1, -0.05) is 42.1 Å². The molecule has 0 fully saturated rings. The molecular weight excluding hydrogens is 441 g/mol. The molecule has 9 heteroatoms. The first-order valence-electron chi connectivity index (χ1n) is 10.1. The quantitative estimate of drug-likeness (QED) is 0.388. The van der Waals surface area contributed by atoms with Gasteiger partial charge in [-0.3, -0.25) is 14.2 Å². The van der Waals surface area contributed by atoms with Gasteiger partial charge >= 0.3 is 0 Å². The van der Waals surface area contributed by atoms with Crippen LogP contribution >= 0.6 is 11.8 Å². The van der Waals surface area contributed by atoms with Crippen LogP contribution in [0.2, 0.25) is 0 Å². The average Bonchev–Trinajstić information content (AvgIpc) is 3.21. The van der Waals surface area contributed by atoms with Gasteiger partial charge in [0.05, 0.1) is 5.75 Å². The maximum Gasteiger partial charge on any atom is 0.248 e. The molecule has 0 spiro atoms. The number of amides is 2. The number of carbonyl (C=O) groups excluding carboxylic acids is 2. The van der Waals surface area contributed by atoms with E-state index in [1.54, 1.807) is 36.4 Å². The number of nitrogens with zero attached hydrogens (tertiary/aromatic N) is 3. The summed E-state index contributed by atoms with van der Waals surface area (Å²) >= 11 is 1.22. The number of halogens is 1. The van der Waals surface area contributed by atoms with Crippen molar-refractivity contribution in [1.29, 1.82) is 0 Å². The van der Waals surface area contributed by atoms with Gasteiger partial charge in [0.2, 0.25) is 11.8 Å². The second kappa shape index (κ2) is 10.1. The second-order valence-electron chi connectivity index (χ2n) is 7.15. The van der Waals surface area contributed by atoms with Gasteiger partial charge in [-0.05, 0) is 54.1 Å². The Balaban J connectivity index is 1.51. The zero-order valence-electron chi connectivity index (χ0n) is 17.4. The van der Waals surface area contributed by atoms with Gasteiger partial charge in [-0.15, -0.1) is 10.2 Å². The van der Waals surface area contributed by atoms with Crippen LogP contribution in [0.25, 0.3) is 5.69 Å². The predicted molar refractivity (Wildman–Crippen MR) is 125 cm³/mol. The Morgan fingerprint density at radius 1 is 0.939 bits per heavy atom. The molecule has 7 nitrogen and oxygen atoms in total. The number of nitrogens with one attached hydrogen (secondary N) is 1. The maximum absolute atomic E-state index is 13.5. The largest absolute Gasteiger partial charge is 0.366 e. The van der Waals surface area contributed by atoms with Crippen LogP contribution in [-0.4, -0.2) is 32.3 Å². The van der Waals surface area contributed by atoms with E-state index in [9.17, 15) is 14.0 Å². The minimum Gasteiger partial charge on any atom is -0.366 e. The van der Waals surface area contributed by atoms with E-state index in [0.717, 1.165) is 5.56 Å². The van der Waals surface area contributed by atoms with Crippen molar-refractivity contribution in [2.45, 2.75) is 11.6 Å². The fraction of sp³-hybridized carbons (Fsp3) is 0.0833. The van der Waals surface area contributed by atoms with Gasteiger partial charge in [0, 0.05) is 23.4 Å². The number of aromatic nitrogens is 3. The summed E-state index contributed by atoms with van der Waals surface area (Å²) in [4.78, 5) is 23.6. The molecule has 1 aromatic heterocycles. The van der Waals surface area contributed by atoms with Crippen molar-refractivity contribution < 1.29 is 14.0 Å². The summed E-state index contributed by atoms with van der Waals surface area (Å²) in [6.45, 7) is 0. The Bertz CT molecular complexity index is 1260. The highest BCUT2D eigenvalue weighted by molar-refractivity contribution is 7.99. The van der Waals surface area contributed by atoms with Crippen molar-refractivity contribution in [2.75, 3.05) is 11.1 Å². The second-order valence-corrected chi connectivity index (χ2v) is 8.09. The lowest BCUT2D eigenvalue weighted by Crippen LogP contribution is -2.15. The van der Waals surface area contributed by atoms with E-state index >= 15 is 0 Å². The molecule has 3 aromatic carbocycles. The summed E-state index contributed by atoms with van der Waals surface area (Å²) in [6.07, 6.45) is 0.532. The Morgan fingerprint density at radius 3 is 2.30 bits per heavy atom. The van der Waals surface area contributed by atoms with Gasteiger partial charge in [-0.2, -0.15) is 0 Å². The van der Waals surface area contributed by atoms with Crippen LogP contribution in [0.3, 0.4) is 0 Å². The number of carbonyl (C=O) groups is 2. The molecule has 4 aromatic rings. The van der Waals surface area contributed by atoms with E-state index in [2.05, 4.69) is 15.5 Å². The monoisotopic (exact) mass is 461 g/mol. The third kappa shape index (κ3) is 5.64. The van der Waals surface area contributed by atoms with Crippen LogP contribution in [0.5, 0.6) is 0 Å². The number of thioether (sulfide) groups is 1. The lowest BCUT2D eigenvalue weighted by atomic mass is 10.1. The fourth-order valence-electron chi connectivity index (χ4n) is 3.18. The van der Waals surface area contributed by atoms with Crippen molar-refractivity contribution in [1.82, 2.24) is 14.8 Å². The van der Waals surface area contributed by atoms with Crippen LogP contribution in [0, 0.1) is 5.82 Å². The molecule has 4 rings (SSSR count). The molecule has 0 radical (unpaired) electrons. The molecule has 0 saturated carbocycles. The van der Waals surface area contributed by atoms with Crippen LogP contribution in [0.1, 0.15) is 21.7 Å². The molecule has 0 aliphatic carbocycles. The minimum atomic E-state index is -0.533. The summed E-state index contributed by atoms with van der Waals surface area (Å²) in [5.41, 5.74) is 7.91. The van der Waals surface area contributed by atoms with Crippen molar-refractivity contribution in [3.8, 4) is 5.69 Å². The van der Waals surface area contributed by atoms with Crippen LogP contribution < -0.4 is 11.1 Å². The van der Waals surface area contributed by atoms with E-state index in [0.29, 0.717) is 34.3 Å². The summed E-state index contributed by atoms with van der Waals surface area (Å²) in [5.74, 6) is -0.354. The summed E-state index contributed by atoms with van der Waals surface area (Å²) < 4.78 is 15.3. The zero-order chi connectivity index (χ0) is 23.2. The van der Waals surface area contributed by atoms with Gasteiger partial charge in [0.15, 0.2) is 5.16 Å². The highest BCUT2D eigenvalue weighted by Gasteiger charge is 2.16. The molecule has 2 amide bonds. The van der Waals surface area contributed by atoms with Gasteiger partial charge < -0.3 is 11.1 Å². The molecular formula is C24H20FN5O2S. The topological polar surface area (TPSA) is 103 Å². The molecule has 166 valence electrons. The Morgan fingerprint density at radius 2 is 1.64 bits per heavy atom. The third-order valence-corrected chi connectivity index (χ3v) is 5.70. The van der Waals surface area contributed by atoms with Crippen molar-refractivity contribution in [3.63, 3.8) is 0 Å². The van der Waals surface area contributed by atoms with Crippen molar-refractivity contribution in [3.05, 3.63) is 102 Å². The summed E-state index contributed by atoms with van der Waals surface area (Å²) in [6, 6.07) is 22.2. The molecule has 0 unspecified atom stereocenters. The molecule has 0 bridgehead atoms. The fourth-order valence-corrected chi connectivity index (χ4v) is 3.95.